The van der Waals surface area contributed by atoms with Crippen molar-refractivity contribution in [2.24, 2.45) is 0 Å². The number of benzene rings is 2. The molecule has 0 spiro atoms. The number of rotatable bonds is 7. The van der Waals surface area contributed by atoms with E-state index in [-0.39, 0.29) is 18.6 Å². The van der Waals surface area contributed by atoms with E-state index in [1.807, 2.05) is 48.5 Å². The molecule has 1 aliphatic heterocycles. The van der Waals surface area contributed by atoms with Crippen LogP contribution in [0.3, 0.4) is 0 Å². The molecule has 0 aromatic heterocycles. The van der Waals surface area contributed by atoms with Gasteiger partial charge in [-0.3, -0.25) is 9.59 Å². The van der Waals surface area contributed by atoms with Gasteiger partial charge in [-0.15, -0.1) is 0 Å². The van der Waals surface area contributed by atoms with Gasteiger partial charge in [0.15, 0.2) is 11.5 Å². The Balaban J connectivity index is 1.38. The zero-order valence-electron chi connectivity index (χ0n) is 14.7. The summed E-state index contributed by atoms with van der Waals surface area (Å²) >= 11 is 0. The summed E-state index contributed by atoms with van der Waals surface area (Å²) in [5.74, 6) is 1.35. The van der Waals surface area contributed by atoms with Crippen molar-refractivity contribution in [1.29, 1.82) is 0 Å². The molecule has 2 aromatic rings. The zero-order chi connectivity index (χ0) is 18.4. The van der Waals surface area contributed by atoms with Crippen LogP contribution < -0.4 is 19.7 Å². The van der Waals surface area contributed by atoms with Crippen molar-refractivity contribution in [2.45, 2.75) is 25.8 Å². The molecule has 0 atom stereocenters. The van der Waals surface area contributed by atoms with Crippen LogP contribution in [-0.4, -0.2) is 25.7 Å². The van der Waals surface area contributed by atoms with Gasteiger partial charge < -0.3 is 19.7 Å². The SMILES string of the molecule is CN(C(=O)CCCC(=O)NCc1ccc2c(c1)OCO2)c1ccccc1. The Hall–Kier alpha value is -3.02. The Morgan fingerprint density at radius 2 is 1.81 bits per heavy atom. The van der Waals surface area contributed by atoms with Crippen LogP contribution in [0.1, 0.15) is 24.8 Å². The van der Waals surface area contributed by atoms with Crippen LogP contribution in [0.25, 0.3) is 0 Å². The standard InChI is InChI=1S/C20H22N2O4/c1-22(16-6-3-2-4-7-16)20(24)9-5-8-19(23)21-13-15-10-11-17-18(12-15)26-14-25-17/h2-4,6-7,10-12H,5,8-9,13-14H2,1H3,(H,21,23). The highest BCUT2D eigenvalue weighted by atomic mass is 16.7. The Bertz CT molecular complexity index is 777. The summed E-state index contributed by atoms with van der Waals surface area (Å²) in [5.41, 5.74) is 1.80. The minimum atomic E-state index is -0.0715. The van der Waals surface area contributed by atoms with E-state index in [1.54, 1.807) is 11.9 Å². The molecule has 3 rings (SSSR count). The first-order valence-electron chi connectivity index (χ1n) is 8.60. The second kappa shape index (κ2) is 8.38. The summed E-state index contributed by atoms with van der Waals surface area (Å²) in [6.45, 7) is 0.657. The quantitative estimate of drug-likeness (QED) is 0.830. The van der Waals surface area contributed by atoms with Crippen molar-refractivity contribution in [1.82, 2.24) is 5.32 Å². The molecular formula is C20H22N2O4. The van der Waals surface area contributed by atoms with Gasteiger partial charge in [0.25, 0.3) is 0 Å². The molecule has 1 heterocycles. The topological polar surface area (TPSA) is 67.9 Å². The van der Waals surface area contributed by atoms with Gasteiger partial charge in [-0.1, -0.05) is 24.3 Å². The van der Waals surface area contributed by atoms with Crippen LogP contribution >= 0.6 is 0 Å². The van der Waals surface area contributed by atoms with E-state index < -0.39 is 0 Å². The third kappa shape index (κ3) is 4.53. The first-order valence-corrected chi connectivity index (χ1v) is 8.60. The molecule has 0 fully saturated rings. The van der Waals surface area contributed by atoms with Crippen molar-refractivity contribution in [2.75, 3.05) is 18.7 Å². The molecule has 1 aliphatic rings. The van der Waals surface area contributed by atoms with Gasteiger partial charge in [-0.25, -0.2) is 0 Å². The lowest BCUT2D eigenvalue weighted by Crippen LogP contribution is -2.27. The fourth-order valence-corrected chi connectivity index (χ4v) is 2.70. The number of fused-ring (bicyclic) bond motifs is 1. The molecule has 1 N–H and O–H groups in total. The minimum absolute atomic E-state index is 0.000212. The Kier molecular flexibility index (Phi) is 5.73. The highest BCUT2D eigenvalue weighted by Crippen LogP contribution is 2.32. The number of hydrogen-bond donors (Lipinski definition) is 1. The molecule has 2 aromatic carbocycles. The third-order valence-corrected chi connectivity index (χ3v) is 4.24. The van der Waals surface area contributed by atoms with Crippen LogP contribution in [0.5, 0.6) is 11.5 Å². The molecule has 0 saturated heterocycles. The van der Waals surface area contributed by atoms with Crippen LogP contribution in [0.4, 0.5) is 5.69 Å². The number of amides is 2. The highest BCUT2D eigenvalue weighted by molar-refractivity contribution is 5.93. The van der Waals surface area contributed by atoms with Crippen LogP contribution in [0.15, 0.2) is 48.5 Å². The van der Waals surface area contributed by atoms with Gasteiger partial charge >= 0.3 is 0 Å². The van der Waals surface area contributed by atoms with Crippen molar-refractivity contribution in [3.05, 3.63) is 54.1 Å². The third-order valence-electron chi connectivity index (χ3n) is 4.24. The lowest BCUT2D eigenvalue weighted by atomic mass is 10.2. The van der Waals surface area contributed by atoms with Crippen molar-refractivity contribution in [3.8, 4) is 11.5 Å². The number of para-hydroxylation sites is 1. The summed E-state index contributed by atoms with van der Waals surface area (Å²) in [5, 5.41) is 2.86. The van der Waals surface area contributed by atoms with Gasteiger partial charge in [-0.05, 0) is 36.2 Å². The van der Waals surface area contributed by atoms with Crippen LogP contribution in [-0.2, 0) is 16.1 Å². The molecule has 2 amide bonds. The van der Waals surface area contributed by atoms with E-state index in [0.717, 1.165) is 17.0 Å². The second-order valence-corrected chi connectivity index (χ2v) is 6.11. The predicted octanol–water partition coefficient (Wildman–Crippen LogP) is 2.86. The summed E-state index contributed by atoms with van der Waals surface area (Å²) in [6, 6.07) is 15.1. The van der Waals surface area contributed by atoms with Crippen LogP contribution in [0, 0.1) is 0 Å². The molecule has 0 aliphatic carbocycles. The Labute approximate surface area is 152 Å². The predicted molar refractivity (Wildman–Crippen MR) is 98.1 cm³/mol. The Morgan fingerprint density at radius 1 is 1.04 bits per heavy atom. The van der Waals surface area contributed by atoms with Gasteiger partial charge in [0.2, 0.25) is 18.6 Å². The molecule has 26 heavy (non-hydrogen) atoms. The molecule has 0 unspecified atom stereocenters. The minimum Gasteiger partial charge on any atom is -0.454 e. The van der Waals surface area contributed by atoms with Crippen molar-refractivity contribution in [3.63, 3.8) is 0 Å². The molecule has 136 valence electrons. The molecule has 0 saturated carbocycles. The van der Waals surface area contributed by atoms with E-state index >= 15 is 0 Å². The number of carbonyl (C=O) groups is 2. The number of nitrogens with zero attached hydrogens (tertiary/aromatic N) is 1. The largest absolute Gasteiger partial charge is 0.454 e. The summed E-state index contributed by atoms with van der Waals surface area (Å²) in [4.78, 5) is 25.8. The van der Waals surface area contributed by atoms with Gasteiger partial charge in [0.05, 0.1) is 0 Å². The normalized spacial score (nSPS) is 11.9. The van der Waals surface area contributed by atoms with Crippen molar-refractivity contribution < 1.29 is 19.1 Å². The van der Waals surface area contributed by atoms with E-state index in [9.17, 15) is 9.59 Å². The fraction of sp³-hybridized carbons (Fsp3) is 0.300. The summed E-state index contributed by atoms with van der Waals surface area (Å²) in [6.07, 6.45) is 1.17. The maximum atomic E-state index is 12.2. The number of nitrogens with one attached hydrogen (secondary N) is 1. The molecule has 6 heteroatoms. The molecule has 0 bridgehead atoms. The number of ether oxygens (including phenoxy) is 2. The highest BCUT2D eigenvalue weighted by Gasteiger charge is 2.14. The number of carbonyl (C=O) groups excluding carboxylic acids is 2. The monoisotopic (exact) mass is 354 g/mol. The summed E-state index contributed by atoms with van der Waals surface area (Å²) < 4.78 is 10.6. The van der Waals surface area contributed by atoms with Gasteiger partial charge in [0.1, 0.15) is 0 Å². The maximum Gasteiger partial charge on any atom is 0.231 e. The van der Waals surface area contributed by atoms with E-state index in [2.05, 4.69) is 5.32 Å². The first-order chi connectivity index (χ1) is 12.6. The molecular weight excluding hydrogens is 332 g/mol. The maximum absolute atomic E-state index is 12.2. The number of hydrogen-bond acceptors (Lipinski definition) is 4. The Morgan fingerprint density at radius 3 is 2.62 bits per heavy atom. The van der Waals surface area contributed by atoms with Gasteiger partial charge in [-0.2, -0.15) is 0 Å². The summed E-state index contributed by atoms with van der Waals surface area (Å²) in [7, 11) is 1.75. The fourth-order valence-electron chi connectivity index (χ4n) is 2.70. The smallest absolute Gasteiger partial charge is 0.231 e. The van der Waals surface area contributed by atoms with E-state index in [4.69, 9.17) is 9.47 Å². The van der Waals surface area contributed by atoms with Gasteiger partial charge in [0, 0.05) is 32.1 Å². The molecule has 0 radical (unpaired) electrons. The zero-order valence-corrected chi connectivity index (χ0v) is 14.7. The molecule has 6 nitrogen and oxygen atoms in total. The lowest BCUT2D eigenvalue weighted by Gasteiger charge is -2.17. The average Bonchev–Trinajstić information content (AvgIpc) is 3.14. The second-order valence-electron chi connectivity index (χ2n) is 6.11. The van der Waals surface area contributed by atoms with Crippen molar-refractivity contribution >= 4 is 17.5 Å². The first kappa shape index (κ1) is 17.8. The average molecular weight is 354 g/mol. The lowest BCUT2D eigenvalue weighted by molar-refractivity contribution is -0.121. The van der Waals surface area contributed by atoms with E-state index in [1.165, 1.54) is 0 Å². The van der Waals surface area contributed by atoms with E-state index in [0.29, 0.717) is 31.6 Å². The number of anilines is 1. The van der Waals surface area contributed by atoms with Crippen LogP contribution in [0.2, 0.25) is 0 Å².